The molecule has 1 fully saturated rings. The van der Waals surface area contributed by atoms with Crippen LogP contribution in [0.2, 0.25) is 0 Å². The number of nitrogens with one attached hydrogen (secondary N) is 1. The minimum Gasteiger partial charge on any atom is -0.497 e. The minimum absolute atomic E-state index is 0.0837. The second kappa shape index (κ2) is 10.9. The summed E-state index contributed by atoms with van der Waals surface area (Å²) >= 11 is 0. The highest BCUT2D eigenvalue weighted by molar-refractivity contribution is 6.04. The molecular formula is C27H28N4O5. The van der Waals surface area contributed by atoms with Gasteiger partial charge in [0.05, 0.1) is 18.5 Å². The summed E-state index contributed by atoms with van der Waals surface area (Å²) in [5, 5.41) is 13.9. The van der Waals surface area contributed by atoms with Gasteiger partial charge in [-0.3, -0.25) is 19.7 Å². The number of benzene rings is 3. The van der Waals surface area contributed by atoms with Crippen LogP contribution in [0, 0.1) is 17.0 Å². The molecule has 9 nitrogen and oxygen atoms in total. The molecule has 0 radical (unpaired) electrons. The van der Waals surface area contributed by atoms with Gasteiger partial charge in [0.15, 0.2) is 0 Å². The number of piperazine rings is 1. The number of nitrogens with zero attached hydrogens (tertiary/aromatic N) is 3. The number of carbonyl (C=O) groups is 2. The first-order valence-corrected chi connectivity index (χ1v) is 11.7. The van der Waals surface area contributed by atoms with E-state index >= 15 is 0 Å². The van der Waals surface area contributed by atoms with E-state index in [9.17, 15) is 19.7 Å². The van der Waals surface area contributed by atoms with Gasteiger partial charge in [-0.2, -0.15) is 0 Å². The smallest absolute Gasteiger partial charge is 0.273 e. The number of anilines is 2. The molecule has 3 aromatic carbocycles. The average Bonchev–Trinajstić information content (AvgIpc) is 2.89. The van der Waals surface area contributed by atoms with Crippen molar-refractivity contribution in [1.82, 2.24) is 4.90 Å². The molecule has 1 aliphatic heterocycles. The summed E-state index contributed by atoms with van der Waals surface area (Å²) in [5.41, 5.74) is 3.21. The number of carbonyl (C=O) groups excluding carboxylic acids is 2. The molecular weight excluding hydrogens is 460 g/mol. The molecule has 2 amide bonds. The summed E-state index contributed by atoms with van der Waals surface area (Å²) in [6, 6.07) is 19.4. The van der Waals surface area contributed by atoms with Crippen LogP contribution in [0.1, 0.15) is 21.5 Å². The second-order valence-corrected chi connectivity index (χ2v) is 8.65. The molecule has 0 unspecified atom stereocenters. The van der Waals surface area contributed by atoms with Gasteiger partial charge in [-0.05, 0) is 55.0 Å². The Balaban J connectivity index is 1.30. The lowest BCUT2D eigenvalue weighted by Gasteiger charge is -2.36. The van der Waals surface area contributed by atoms with Crippen molar-refractivity contribution in [2.24, 2.45) is 0 Å². The lowest BCUT2D eigenvalue weighted by Crippen LogP contribution is -2.49. The molecule has 9 heteroatoms. The van der Waals surface area contributed by atoms with Gasteiger partial charge in [0, 0.05) is 54.7 Å². The van der Waals surface area contributed by atoms with Crippen LogP contribution in [0.4, 0.5) is 17.1 Å². The first-order valence-electron chi connectivity index (χ1n) is 11.7. The van der Waals surface area contributed by atoms with Crippen LogP contribution in [0.5, 0.6) is 5.75 Å². The highest BCUT2D eigenvalue weighted by Crippen LogP contribution is 2.23. The first kappa shape index (κ1) is 24.7. The Bertz CT molecular complexity index is 1250. The summed E-state index contributed by atoms with van der Waals surface area (Å²) < 4.78 is 5.16. The number of hydrogen-bond acceptors (Lipinski definition) is 6. The highest BCUT2D eigenvalue weighted by Gasteiger charge is 2.22. The van der Waals surface area contributed by atoms with Crippen LogP contribution in [-0.2, 0) is 11.2 Å². The van der Waals surface area contributed by atoms with Crippen LogP contribution in [0.15, 0.2) is 66.7 Å². The zero-order chi connectivity index (χ0) is 25.7. The quantitative estimate of drug-likeness (QED) is 0.397. The first-order chi connectivity index (χ1) is 17.3. The van der Waals surface area contributed by atoms with Gasteiger partial charge in [-0.15, -0.1) is 0 Å². The van der Waals surface area contributed by atoms with Crippen molar-refractivity contribution in [2.75, 3.05) is 43.5 Å². The van der Waals surface area contributed by atoms with Crippen molar-refractivity contribution in [3.63, 3.8) is 0 Å². The predicted octanol–water partition coefficient (Wildman–Crippen LogP) is 4.06. The Morgan fingerprint density at radius 2 is 1.64 bits per heavy atom. The molecule has 0 saturated carbocycles. The summed E-state index contributed by atoms with van der Waals surface area (Å²) in [4.78, 5) is 40.0. The summed E-state index contributed by atoms with van der Waals surface area (Å²) in [6.45, 7) is 4.34. The molecule has 1 heterocycles. The number of nitro benzene ring substituents is 1. The fourth-order valence-electron chi connectivity index (χ4n) is 4.15. The van der Waals surface area contributed by atoms with E-state index in [1.165, 1.54) is 6.07 Å². The Hall–Kier alpha value is -4.40. The molecule has 0 spiro atoms. The zero-order valence-electron chi connectivity index (χ0n) is 20.3. The summed E-state index contributed by atoms with van der Waals surface area (Å²) in [5.74, 6) is 0.466. The Labute approximate surface area is 209 Å². The van der Waals surface area contributed by atoms with E-state index in [1.54, 1.807) is 38.3 Å². The molecule has 0 bridgehead atoms. The normalized spacial score (nSPS) is 13.3. The van der Waals surface area contributed by atoms with E-state index in [0.717, 1.165) is 17.0 Å². The number of ether oxygens (including phenoxy) is 1. The monoisotopic (exact) mass is 488 g/mol. The Morgan fingerprint density at radius 3 is 2.25 bits per heavy atom. The molecule has 0 atom stereocenters. The van der Waals surface area contributed by atoms with Gasteiger partial charge >= 0.3 is 0 Å². The molecule has 36 heavy (non-hydrogen) atoms. The maximum absolute atomic E-state index is 12.7. The van der Waals surface area contributed by atoms with E-state index in [4.69, 9.17) is 4.74 Å². The van der Waals surface area contributed by atoms with Crippen molar-refractivity contribution in [2.45, 2.75) is 13.3 Å². The van der Waals surface area contributed by atoms with Gasteiger partial charge in [0.2, 0.25) is 5.91 Å². The third-order valence-corrected chi connectivity index (χ3v) is 6.31. The number of rotatable bonds is 7. The van der Waals surface area contributed by atoms with Crippen LogP contribution in [-0.4, -0.2) is 54.9 Å². The standard InChI is InChI=1S/C27H28N4O5/c1-19-3-6-21(18-25(19)31(34)35)27(33)28-22-7-9-23(10-8-22)29-13-15-30(16-14-29)26(32)17-20-4-11-24(36-2)12-5-20/h3-12,18H,13-17H2,1-2H3,(H,28,33). The van der Waals surface area contributed by atoms with E-state index in [-0.39, 0.29) is 17.2 Å². The van der Waals surface area contributed by atoms with Crippen molar-refractivity contribution in [3.8, 4) is 5.75 Å². The maximum Gasteiger partial charge on any atom is 0.273 e. The van der Waals surface area contributed by atoms with Crippen molar-refractivity contribution in [3.05, 3.63) is 93.5 Å². The van der Waals surface area contributed by atoms with Crippen LogP contribution in [0.3, 0.4) is 0 Å². The average molecular weight is 489 g/mol. The van der Waals surface area contributed by atoms with Crippen LogP contribution >= 0.6 is 0 Å². The SMILES string of the molecule is COc1ccc(CC(=O)N2CCN(c3ccc(NC(=O)c4ccc(C)c([N+](=O)[O-])c4)cc3)CC2)cc1. The Morgan fingerprint density at radius 1 is 0.972 bits per heavy atom. The van der Waals surface area contributed by atoms with Crippen LogP contribution < -0.4 is 15.0 Å². The van der Waals surface area contributed by atoms with Gasteiger partial charge in [-0.25, -0.2) is 0 Å². The molecule has 0 aliphatic carbocycles. The zero-order valence-corrected chi connectivity index (χ0v) is 20.3. The van der Waals surface area contributed by atoms with Crippen molar-refractivity contribution >= 4 is 28.9 Å². The van der Waals surface area contributed by atoms with Crippen LogP contribution in [0.25, 0.3) is 0 Å². The fraction of sp³-hybridized carbons (Fsp3) is 0.259. The molecule has 1 N–H and O–H groups in total. The van der Waals surface area contributed by atoms with E-state index in [2.05, 4.69) is 10.2 Å². The summed E-state index contributed by atoms with van der Waals surface area (Å²) in [6.07, 6.45) is 0.364. The number of hydrogen-bond donors (Lipinski definition) is 1. The van der Waals surface area contributed by atoms with Gasteiger partial charge in [0.25, 0.3) is 11.6 Å². The van der Waals surface area contributed by atoms with Gasteiger partial charge in [0.1, 0.15) is 5.75 Å². The van der Waals surface area contributed by atoms with Crippen molar-refractivity contribution in [1.29, 1.82) is 0 Å². The fourth-order valence-corrected chi connectivity index (χ4v) is 4.15. The van der Waals surface area contributed by atoms with Gasteiger partial charge in [-0.1, -0.05) is 18.2 Å². The number of methoxy groups -OCH3 is 1. The predicted molar refractivity (Wildman–Crippen MR) is 138 cm³/mol. The summed E-state index contributed by atoms with van der Waals surface area (Å²) in [7, 11) is 1.62. The molecule has 4 rings (SSSR count). The van der Waals surface area contributed by atoms with E-state index in [0.29, 0.717) is 43.9 Å². The lowest BCUT2D eigenvalue weighted by atomic mass is 10.1. The third-order valence-electron chi connectivity index (χ3n) is 6.31. The molecule has 186 valence electrons. The number of nitro groups is 1. The molecule has 1 aliphatic rings. The maximum atomic E-state index is 12.7. The topological polar surface area (TPSA) is 105 Å². The minimum atomic E-state index is -0.493. The van der Waals surface area contributed by atoms with E-state index in [1.807, 2.05) is 41.3 Å². The largest absolute Gasteiger partial charge is 0.497 e. The number of amides is 2. The van der Waals surface area contributed by atoms with E-state index < -0.39 is 10.8 Å². The van der Waals surface area contributed by atoms with Crippen molar-refractivity contribution < 1.29 is 19.2 Å². The second-order valence-electron chi connectivity index (χ2n) is 8.65. The Kier molecular flexibility index (Phi) is 7.48. The molecule has 0 aromatic heterocycles. The number of aryl methyl sites for hydroxylation is 1. The molecule has 3 aromatic rings. The van der Waals surface area contributed by atoms with Gasteiger partial charge < -0.3 is 19.9 Å². The highest BCUT2D eigenvalue weighted by atomic mass is 16.6. The lowest BCUT2D eigenvalue weighted by molar-refractivity contribution is -0.385. The third kappa shape index (κ3) is 5.80. The molecule has 1 saturated heterocycles.